The van der Waals surface area contributed by atoms with Gasteiger partial charge in [0.05, 0.1) is 12.2 Å². The molecule has 7 heteroatoms. The number of hydrogen-bond donors (Lipinski definition) is 3. The highest BCUT2D eigenvalue weighted by Crippen LogP contribution is 2.38. The molecule has 3 heterocycles. The number of nitrogens with two attached hydrogens (primary N) is 1. The van der Waals surface area contributed by atoms with Crippen molar-refractivity contribution in [2.24, 2.45) is 5.73 Å². The summed E-state index contributed by atoms with van der Waals surface area (Å²) in [6, 6.07) is 11.4. The van der Waals surface area contributed by atoms with Gasteiger partial charge in [0.2, 0.25) is 5.91 Å². The van der Waals surface area contributed by atoms with Crippen molar-refractivity contribution in [1.29, 1.82) is 0 Å². The van der Waals surface area contributed by atoms with E-state index in [1.165, 1.54) is 6.20 Å². The van der Waals surface area contributed by atoms with E-state index in [1.807, 2.05) is 6.07 Å². The minimum atomic E-state index is -0.476. The second-order valence-corrected chi connectivity index (χ2v) is 7.56. The van der Waals surface area contributed by atoms with Crippen molar-refractivity contribution in [2.75, 3.05) is 4.90 Å². The molecule has 146 valence electrons. The fraction of sp³-hybridized carbons (Fsp3) is 0.381. The van der Waals surface area contributed by atoms with Gasteiger partial charge in [-0.15, -0.1) is 0 Å². The molecule has 2 amide bonds. The Labute approximate surface area is 163 Å². The quantitative estimate of drug-likeness (QED) is 0.730. The van der Waals surface area contributed by atoms with Crippen molar-refractivity contribution >= 4 is 17.6 Å². The number of aliphatic hydroxyl groups excluding tert-OH is 1. The Bertz CT molecular complexity index is 852. The van der Waals surface area contributed by atoms with Gasteiger partial charge in [0, 0.05) is 29.9 Å². The molecular formula is C21H24N4O3. The lowest BCUT2D eigenvalue weighted by molar-refractivity contribution is 0.0926. The normalized spacial score (nSPS) is 23.5. The number of anilines is 1. The predicted molar refractivity (Wildman–Crippen MR) is 105 cm³/mol. The number of hydrogen-bond acceptors (Lipinski definition) is 5. The molecule has 0 saturated carbocycles. The maximum absolute atomic E-state index is 12.6. The number of primary amides is 1. The van der Waals surface area contributed by atoms with E-state index >= 15 is 0 Å². The van der Waals surface area contributed by atoms with Crippen LogP contribution in [0.3, 0.4) is 0 Å². The zero-order valence-corrected chi connectivity index (χ0v) is 15.5. The van der Waals surface area contributed by atoms with Gasteiger partial charge in [0.15, 0.2) is 0 Å². The third kappa shape index (κ3) is 3.57. The molecule has 4 N–H and O–H groups in total. The summed E-state index contributed by atoms with van der Waals surface area (Å²) in [5, 5.41) is 12.3. The van der Waals surface area contributed by atoms with Crippen LogP contribution in [0.4, 0.5) is 5.82 Å². The number of benzene rings is 1. The minimum absolute atomic E-state index is 0.0296. The van der Waals surface area contributed by atoms with Crippen LogP contribution in [0.25, 0.3) is 0 Å². The first-order valence-electron chi connectivity index (χ1n) is 9.60. The van der Waals surface area contributed by atoms with Gasteiger partial charge in [0.25, 0.3) is 5.91 Å². The van der Waals surface area contributed by atoms with Crippen LogP contribution in [-0.2, 0) is 6.61 Å². The summed E-state index contributed by atoms with van der Waals surface area (Å²) in [6.07, 6.45) is 5.41. The molecule has 2 atom stereocenters. The Morgan fingerprint density at radius 3 is 2.25 bits per heavy atom. The number of carbonyl (C=O) groups excluding carboxylic acids is 2. The van der Waals surface area contributed by atoms with Gasteiger partial charge in [-0.25, -0.2) is 4.98 Å². The molecule has 28 heavy (non-hydrogen) atoms. The van der Waals surface area contributed by atoms with Gasteiger partial charge in [-0.1, -0.05) is 12.1 Å². The number of nitrogens with zero attached hydrogens (tertiary/aromatic N) is 2. The number of rotatable bonds is 5. The van der Waals surface area contributed by atoms with Gasteiger partial charge < -0.3 is 21.1 Å². The molecule has 2 aliphatic rings. The molecule has 2 aliphatic heterocycles. The number of fused-ring (bicyclic) bond motifs is 2. The van der Waals surface area contributed by atoms with Gasteiger partial charge in [-0.3, -0.25) is 9.59 Å². The van der Waals surface area contributed by atoms with E-state index in [0.29, 0.717) is 23.2 Å². The van der Waals surface area contributed by atoms with E-state index in [0.717, 1.165) is 37.1 Å². The highest BCUT2D eigenvalue weighted by Gasteiger charge is 2.41. The molecule has 1 aromatic heterocycles. The SMILES string of the molecule is NC(=O)c1ccc(N2C3CCC2CC(NC(=O)c2ccc(CO)cc2)C3)nc1. The summed E-state index contributed by atoms with van der Waals surface area (Å²) in [4.78, 5) is 30.6. The fourth-order valence-electron chi connectivity index (χ4n) is 4.38. The van der Waals surface area contributed by atoms with Crippen LogP contribution in [0.15, 0.2) is 42.6 Å². The summed E-state index contributed by atoms with van der Waals surface area (Å²) in [5.74, 6) is 0.309. The fourth-order valence-corrected chi connectivity index (χ4v) is 4.38. The lowest BCUT2D eigenvalue weighted by atomic mass is 9.96. The summed E-state index contributed by atoms with van der Waals surface area (Å²) < 4.78 is 0. The molecule has 2 unspecified atom stereocenters. The first-order chi connectivity index (χ1) is 13.5. The summed E-state index contributed by atoms with van der Waals surface area (Å²) in [5.41, 5.74) is 7.10. The van der Waals surface area contributed by atoms with Gasteiger partial charge in [-0.2, -0.15) is 0 Å². The van der Waals surface area contributed by atoms with Crippen LogP contribution in [0, 0.1) is 0 Å². The topological polar surface area (TPSA) is 109 Å². The Morgan fingerprint density at radius 1 is 1.07 bits per heavy atom. The second kappa shape index (κ2) is 7.59. The third-order valence-corrected chi connectivity index (χ3v) is 5.76. The molecule has 0 spiro atoms. The Morgan fingerprint density at radius 2 is 1.71 bits per heavy atom. The average molecular weight is 380 g/mol. The predicted octanol–water partition coefficient (Wildman–Crippen LogP) is 1.60. The van der Waals surface area contributed by atoms with Crippen LogP contribution in [0.1, 0.15) is 52.0 Å². The third-order valence-electron chi connectivity index (χ3n) is 5.76. The number of pyridine rings is 1. The Balaban J connectivity index is 1.41. The van der Waals surface area contributed by atoms with Gasteiger partial charge in [-0.05, 0) is 55.5 Å². The first-order valence-corrected chi connectivity index (χ1v) is 9.60. The monoisotopic (exact) mass is 380 g/mol. The lowest BCUT2D eigenvalue weighted by Gasteiger charge is -2.40. The van der Waals surface area contributed by atoms with Gasteiger partial charge in [0.1, 0.15) is 5.82 Å². The molecule has 1 aromatic carbocycles. The van der Waals surface area contributed by atoms with Crippen LogP contribution in [0.2, 0.25) is 0 Å². The van der Waals surface area contributed by atoms with E-state index in [2.05, 4.69) is 15.2 Å². The highest BCUT2D eigenvalue weighted by atomic mass is 16.3. The van der Waals surface area contributed by atoms with Crippen molar-refractivity contribution in [1.82, 2.24) is 10.3 Å². The summed E-state index contributed by atoms with van der Waals surface area (Å²) >= 11 is 0. The Hall–Kier alpha value is -2.93. The number of carbonyl (C=O) groups is 2. The maximum Gasteiger partial charge on any atom is 0.251 e. The van der Waals surface area contributed by atoms with Crippen molar-refractivity contribution in [2.45, 2.75) is 50.4 Å². The number of piperidine rings is 1. The molecule has 4 rings (SSSR count). The zero-order chi connectivity index (χ0) is 19.7. The molecule has 2 aromatic rings. The zero-order valence-electron chi connectivity index (χ0n) is 15.5. The second-order valence-electron chi connectivity index (χ2n) is 7.56. The number of amides is 2. The molecular weight excluding hydrogens is 356 g/mol. The van der Waals surface area contributed by atoms with E-state index in [-0.39, 0.29) is 18.6 Å². The summed E-state index contributed by atoms with van der Waals surface area (Å²) in [7, 11) is 0. The number of aromatic nitrogens is 1. The van der Waals surface area contributed by atoms with Crippen molar-refractivity contribution in [3.8, 4) is 0 Å². The average Bonchev–Trinajstić information content (AvgIpc) is 2.98. The van der Waals surface area contributed by atoms with Crippen molar-refractivity contribution in [3.05, 3.63) is 59.3 Å². The molecule has 7 nitrogen and oxygen atoms in total. The Kier molecular flexibility index (Phi) is 5.00. The highest BCUT2D eigenvalue weighted by molar-refractivity contribution is 5.94. The maximum atomic E-state index is 12.6. The van der Waals surface area contributed by atoms with Crippen molar-refractivity contribution < 1.29 is 14.7 Å². The molecule has 0 radical (unpaired) electrons. The first kappa shape index (κ1) is 18.4. The van der Waals surface area contributed by atoms with Crippen LogP contribution >= 0.6 is 0 Å². The standard InChI is InChI=1S/C21H24N4O3/c22-20(27)15-5-8-19(23-11-15)25-17-6-7-18(25)10-16(9-17)24-21(28)14-3-1-13(12-26)2-4-14/h1-5,8,11,16-18,26H,6-7,9-10,12H2,(H2,22,27)(H,24,28). The van der Waals surface area contributed by atoms with E-state index in [9.17, 15) is 9.59 Å². The van der Waals surface area contributed by atoms with Gasteiger partial charge >= 0.3 is 0 Å². The molecule has 0 aliphatic carbocycles. The molecule has 2 bridgehead atoms. The lowest BCUT2D eigenvalue weighted by Crippen LogP contribution is -2.50. The largest absolute Gasteiger partial charge is 0.392 e. The summed E-state index contributed by atoms with van der Waals surface area (Å²) in [6.45, 7) is -0.0296. The van der Waals surface area contributed by atoms with E-state index in [1.54, 1.807) is 30.3 Å². The minimum Gasteiger partial charge on any atom is -0.392 e. The van der Waals surface area contributed by atoms with Crippen LogP contribution in [0.5, 0.6) is 0 Å². The number of aliphatic hydroxyl groups is 1. The van der Waals surface area contributed by atoms with E-state index < -0.39 is 5.91 Å². The smallest absolute Gasteiger partial charge is 0.251 e. The van der Waals surface area contributed by atoms with Crippen LogP contribution < -0.4 is 16.0 Å². The van der Waals surface area contributed by atoms with Crippen LogP contribution in [-0.4, -0.2) is 40.0 Å². The molecule has 2 fully saturated rings. The van der Waals surface area contributed by atoms with E-state index in [4.69, 9.17) is 10.8 Å². The van der Waals surface area contributed by atoms with Crippen molar-refractivity contribution in [3.63, 3.8) is 0 Å². The molecule has 2 saturated heterocycles. The number of nitrogens with one attached hydrogen (secondary N) is 1.